The van der Waals surface area contributed by atoms with Gasteiger partial charge in [0, 0.05) is 25.3 Å². The van der Waals surface area contributed by atoms with Crippen molar-refractivity contribution < 1.29 is 19.5 Å². The number of amides is 2. The summed E-state index contributed by atoms with van der Waals surface area (Å²) < 4.78 is 0. The Balaban J connectivity index is 1.31. The molecule has 214 valence electrons. The first-order chi connectivity index (χ1) is 19.3. The van der Waals surface area contributed by atoms with Gasteiger partial charge in [0.05, 0.1) is 11.6 Å². The van der Waals surface area contributed by atoms with Crippen molar-refractivity contribution in [3.8, 4) is 0 Å². The fraction of sp³-hybridized carbons (Fsp3) is 0.548. The standard InChI is InChI=1S/C31H41N5O4/c1-20-24(13-14-27(32)35-20)19-34-30(40)31-17-25(31)8-5-15-36(31)28(37)26(16-21-6-3-2-4-7-21)33-18-22-9-11-23(12-10-22)29(38)39/h9-14,21,25-26,33H,2-8,15-19H2,1H3,(H2,32,35)(H,34,40)(H,38,39)/t25-,26-,31+/m1/s1. The minimum atomic E-state index is -0.958. The number of nitrogens with zero attached hydrogens (tertiary/aromatic N) is 2. The molecule has 9 heteroatoms. The first kappa shape index (κ1) is 28.1. The fourth-order valence-electron chi connectivity index (χ4n) is 6.74. The number of aromatic carboxylic acids is 1. The molecule has 2 aromatic rings. The number of carboxylic acid groups (broad SMARTS) is 1. The number of hydrogen-bond acceptors (Lipinski definition) is 6. The monoisotopic (exact) mass is 547 g/mol. The number of aromatic nitrogens is 1. The van der Waals surface area contributed by atoms with Crippen LogP contribution in [0, 0.1) is 18.8 Å². The number of fused-ring (bicyclic) bond motifs is 1. The lowest BCUT2D eigenvalue weighted by molar-refractivity contribution is -0.146. The van der Waals surface area contributed by atoms with Crippen molar-refractivity contribution in [1.29, 1.82) is 0 Å². The molecule has 0 radical (unpaired) electrons. The number of nitrogens with two attached hydrogens (primary N) is 1. The van der Waals surface area contributed by atoms with E-state index in [1.54, 1.807) is 30.3 Å². The average Bonchev–Trinajstić information content (AvgIpc) is 3.71. The van der Waals surface area contributed by atoms with E-state index in [1.807, 2.05) is 17.9 Å². The van der Waals surface area contributed by atoms with Crippen LogP contribution in [0.5, 0.6) is 0 Å². The molecule has 9 nitrogen and oxygen atoms in total. The topological polar surface area (TPSA) is 138 Å². The second-order valence-electron chi connectivity index (χ2n) is 11.8. The van der Waals surface area contributed by atoms with Gasteiger partial charge in [-0.25, -0.2) is 9.78 Å². The maximum absolute atomic E-state index is 14.2. The molecule has 2 heterocycles. The Hall–Kier alpha value is -3.46. The van der Waals surface area contributed by atoms with Crippen molar-refractivity contribution in [1.82, 2.24) is 20.5 Å². The van der Waals surface area contributed by atoms with Crippen LogP contribution in [0.1, 0.15) is 85.0 Å². The van der Waals surface area contributed by atoms with Crippen LogP contribution in [-0.4, -0.2) is 50.9 Å². The summed E-state index contributed by atoms with van der Waals surface area (Å²) in [5.41, 5.74) is 7.87. The van der Waals surface area contributed by atoms with Gasteiger partial charge < -0.3 is 26.4 Å². The van der Waals surface area contributed by atoms with E-state index in [-0.39, 0.29) is 23.3 Å². The van der Waals surface area contributed by atoms with Crippen LogP contribution in [0.25, 0.3) is 0 Å². The van der Waals surface area contributed by atoms with Crippen molar-refractivity contribution in [2.24, 2.45) is 11.8 Å². The highest BCUT2D eigenvalue weighted by Crippen LogP contribution is 2.54. The van der Waals surface area contributed by atoms with Gasteiger partial charge in [0.1, 0.15) is 11.4 Å². The van der Waals surface area contributed by atoms with Crippen molar-refractivity contribution in [3.63, 3.8) is 0 Å². The molecule has 2 aliphatic carbocycles. The predicted molar refractivity (Wildman–Crippen MR) is 152 cm³/mol. The second kappa shape index (κ2) is 12.0. The number of rotatable bonds is 10. The normalized spacial score (nSPS) is 23.2. The highest BCUT2D eigenvalue weighted by atomic mass is 16.4. The SMILES string of the molecule is Cc1nc(N)ccc1CNC(=O)[C@]12C[C@H]1CCCN2C(=O)[C@@H](CC1CCCCC1)NCc1ccc(C(=O)O)cc1. The third kappa shape index (κ3) is 5.99. The summed E-state index contributed by atoms with van der Waals surface area (Å²) in [5, 5.41) is 15.8. The quantitative estimate of drug-likeness (QED) is 0.355. The summed E-state index contributed by atoms with van der Waals surface area (Å²) in [6.07, 6.45) is 9.20. The fourth-order valence-corrected chi connectivity index (χ4v) is 6.74. The first-order valence-electron chi connectivity index (χ1n) is 14.7. The van der Waals surface area contributed by atoms with Gasteiger partial charge in [-0.05, 0) is 73.8 Å². The van der Waals surface area contributed by atoms with E-state index in [9.17, 15) is 19.5 Å². The van der Waals surface area contributed by atoms with Gasteiger partial charge in [-0.1, -0.05) is 50.3 Å². The molecule has 2 saturated carbocycles. The largest absolute Gasteiger partial charge is 0.478 e. The summed E-state index contributed by atoms with van der Waals surface area (Å²) in [6.45, 7) is 3.28. The highest BCUT2D eigenvalue weighted by molar-refractivity contribution is 5.96. The summed E-state index contributed by atoms with van der Waals surface area (Å²) >= 11 is 0. The molecule has 0 unspecified atom stereocenters. The molecule has 0 bridgehead atoms. The smallest absolute Gasteiger partial charge is 0.335 e. The Labute approximate surface area is 235 Å². The number of pyridine rings is 1. The molecule has 40 heavy (non-hydrogen) atoms. The van der Waals surface area contributed by atoms with Gasteiger partial charge in [-0.3, -0.25) is 9.59 Å². The van der Waals surface area contributed by atoms with E-state index in [1.165, 1.54) is 19.3 Å². The number of carboxylic acids is 1. The number of benzene rings is 1. The Morgan fingerprint density at radius 2 is 1.80 bits per heavy atom. The maximum Gasteiger partial charge on any atom is 0.335 e. The molecule has 0 spiro atoms. The number of hydrogen-bond donors (Lipinski definition) is 4. The Morgan fingerprint density at radius 3 is 2.50 bits per heavy atom. The number of aryl methyl sites for hydroxylation is 1. The number of anilines is 1. The zero-order chi connectivity index (χ0) is 28.3. The molecule has 5 N–H and O–H groups in total. The zero-order valence-corrected chi connectivity index (χ0v) is 23.3. The van der Waals surface area contributed by atoms with Gasteiger partial charge in [0.2, 0.25) is 11.8 Å². The van der Waals surface area contributed by atoms with Gasteiger partial charge in [-0.2, -0.15) is 0 Å². The third-order valence-corrected chi connectivity index (χ3v) is 9.15. The lowest BCUT2D eigenvalue weighted by Crippen LogP contribution is -2.59. The summed E-state index contributed by atoms with van der Waals surface area (Å²) in [7, 11) is 0. The van der Waals surface area contributed by atoms with Crippen LogP contribution in [-0.2, 0) is 22.7 Å². The van der Waals surface area contributed by atoms with Crippen LogP contribution in [0.4, 0.5) is 5.82 Å². The number of nitrogens with one attached hydrogen (secondary N) is 2. The molecule has 3 aliphatic rings. The van der Waals surface area contributed by atoms with Crippen LogP contribution in [0.15, 0.2) is 36.4 Å². The van der Waals surface area contributed by atoms with E-state index in [0.29, 0.717) is 37.8 Å². The summed E-state index contributed by atoms with van der Waals surface area (Å²) in [6, 6.07) is 9.99. The molecular formula is C31H41N5O4. The van der Waals surface area contributed by atoms with E-state index in [0.717, 1.165) is 48.9 Å². The molecule has 1 aliphatic heterocycles. The number of likely N-dealkylation sites (tertiary alicyclic amines) is 1. The van der Waals surface area contributed by atoms with Crippen LogP contribution >= 0.6 is 0 Å². The summed E-state index contributed by atoms with van der Waals surface area (Å²) in [4.78, 5) is 45.3. The number of nitrogen functional groups attached to an aromatic ring is 1. The van der Waals surface area contributed by atoms with Gasteiger partial charge >= 0.3 is 5.97 Å². The van der Waals surface area contributed by atoms with Crippen molar-refractivity contribution in [2.75, 3.05) is 12.3 Å². The number of carbonyl (C=O) groups excluding carboxylic acids is 2. The third-order valence-electron chi connectivity index (χ3n) is 9.15. The average molecular weight is 548 g/mol. The molecule has 3 atom stereocenters. The van der Waals surface area contributed by atoms with Crippen LogP contribution in [0.2, 0.25) is 0 Å². The van der Waals surface area contributed by atoms with Crippen LogP contribution in [0.3, 0.4) is 0 Å². The lowest BCUT2D eigenvalue weighted by atomic mass is 9.84. The van der Waals surface area contributed by atoms with E-state index in [4.69, 9.17) is 5.73 Å². The lowest BCUT2D eigenvalue weighted by Gasteiger charge is -2.39. The minimum Gasteiger partial charge on any atom is -0.478 e. The maximum atomic E-state index is 14.2. The molecule has 1 aromatic carbocycles. The number of piperidine rings is 1. The molecule has 1 saturated heterocycles. The zero-order valence-electron chi connectivity index (χ0n) is 23.3. The van der Waals surface area contributed by atoms with Crippen molar-refractivity contribution >= 4 is 23.6 Å². The Kier molecular flexibility index (Phi) is 8.40. The van der Waals surface area contributed by atoms with Gasteiger partial charge in [-0.15, -0.1) is 0 Å². The molecule has 5 rings (SSSR count). The van der Waals surface area contributed by atoms with Crippen molar-refractivity contribution in [3.05, 3.63) is 58.8 Å². The molecule has 2 amide bonds. The van der Waals surface area contributed by atoms with Crippen molar-refractivity contribution in [2.45, 2.75) is 89.4 Å². The van der Waals surface area contributed by atoms with E-state index >= 15 is 0 Å². The molecule has 1 aromatic heterocycles. The molecular weight excluding hydrogens is 506 g/mol. The summed E-state index contributed by atoms with van der Waals surface area (Å²) in [5.74, 6) is 0.0925. The number of carbonyl (C=O) groups is 3. The highest BCUT2D eigenvalue weighted by Gasteiger charge is 2.66. The van der Waals surface area contributed by atoms with Gasteiger partial charge in [0.25, 0.3) is 0 Å². The Morgan fingerprint density at radius 1 is 1.05 bits per heavy atom. The molecule has 3 fully saturated rings. The minimum absolute atomic E-state index is 0.00964. The van der Waals surface area contributed by atoms with E-state index < -0.39 is 17.6 Å². The van der Waals surface area contributed by atoms with Crippen LogP contribution < -0.4 is 16.4 Å². The Bertz CT molecular complexity index is 1240. The first-order valence-corrected chi connectivity index (χ1v) is 14.7. The van der Waals surface area contributed by atoms with Gasteiger partial charge in [0.15, 0.2) is 0 Å². The second-order valence-corrected chi connectivity index (χ2v) is 11.8. The van der Waals surface area contributed by atoms with E-state index in [2.05, 4.69) is 15.6 Å². The predicted octanol–water partition coefficient (Wildman–Crippen LogP) is 3.80.